The normalized spacial score (nSPS) is 19.9. The zero-order chi connectivity index (χ0) is 15.3. The third-order valence-electron chi connectivity index (χ3n) is 3.16. The molecule has 0 spiro atoms. The van der Waals surface area contributed by atoms with Crippen LogP contribution in [-0.2, 0) is 26.7 Å². The van der Waals surface area contributed by atoms with Crippen LogP contribution in [-0.4, -0.2) is 46.2 Å². The van der Waals surface area contributed by atoms with E-state index < -0.39 is 33.9 Å². The van der Waals surface area contributed by atoms with Crippen molar-refractivity contribution in [2.24, 2.45) is 7.05 Å². The van der Waals surface area contributed by atoms with Gasteiger partial charge in [0, 0.05) is 7.05 Å². The molecule has 0 unspecified atom stereocenters. The van der Waals surface area contributed by atoms with Gasteiger partial charge in [-0.2, -0.15) is 4.31 Å². The topological polar surface area (TPSA) is 127 Å². The summed E-state index contributed by atoms with van der Waals surface area (Å²) in [5, 5.41) is 1.87. The lowest BCUT2D eigenvalue weighted by Crippen LogP contribution is -2.65. The third kappa shape index (κ3) is 1.96. The van der Waals surface area contributed by atoms with E-state index in [-0.39, 0.29) is 10.8 Å². The lowest BCUT2D eigenvalue weighted by atomic mass is 10.0. The maximum absolute atomic E-state index is 12.6. The Labute approximate surface area is 115 Å². The van der Waals surface area contributed by atoms with Crippen LogP contribution in [0.1, 0.15) is 13.8 Å². The predicted molar refractivity (Wildman–Crippen MR) is 68.7 cm³/mol. The van der Waals surface area contributed by atoms with Gasteiger partial charge in [-0.25, -0.2) is 13.4 Å². The first kappa shape index (κ1) is 14.5. The summed E-state index contributed by atoms with van der Waals surface area (Å²) in [6, 6.07) is 0. The molecule has 2 heterocycles. The number of nitrogens with one attached hydrogen (secondary N) is 1. The Bertz CT molecular complexity index is 671. The number of nitrogen functional groups attached to an aromatic ring is 1. The van der Waals surface area contributed by atoms with Gasteiger partial charge in [0.2, 0.25) is 11.8 Å². The average molecular weight is 301 g/mol. The lowest BCUT2D eigenvalue weighted by Gasteiger charge is -2.38. The lowest BCUT2D eigenvalue weighted by molar-refractivity contribution is -0.141. The van der Waals surface area contributed by atoms with Crippen molar-refractivity contribution in [3.05, 3.63) is 6.33 Å². The van der Waals surface area contributed by atoms with Crippen molar-refractivity contribution < 1.29 is 18.0 Å². The average Bonchev–Trinajstić information content (AvgIpc) is 2.64. The van der Waals surface area contributed by atoms with E-state index >= 15 is 0 Å². The van der Waals surface area contributed by atoms with Crippen LogP contribution in [0.25, 0.3) is 0 Å². The number of hydrogen-bond acceptors (Lipinski definition) is 6. The number of imidazole rings is 1. The molecule has 3 N–H and O–H groups in total. The second-order valence-electron chi connectivity index (χ2n) is 4.99. The van der Waals surface area contributed by atoms with Gasteiger partial charge >= 0.3 is 0 Å². The van der Waals surface area contributed by atoms with Crippen LogP contribution in [0.5, 0.6) is 0 Å². The summed E-state index contributed by atoms with van der Waals surface area (Å²) in [7, 11) is -2.66. The number of nitrogens with two attached hydrogens (primary N) is 1. The first-order valence-electron chi connectivity index (χ1n) is 5.72. The Hall–Kier alpha value is -1.94. The summed E-state index contributed by atoms with van der Waals surface area (Å²) in [5.41, 5.74) is 4.17. The number of aryl methyl sites for hydroxylation is 1. The molecule has 0 aromatic carbocycles. The summed E-state index contributed by atoms with van der Waals surface area (Å²) < 4.78 is 27.4. The molecule has 0 bridgehead atoms. The molecule has 0 atom stereocenters. The molecule has 1 aromatic rings. The summed E-state index contributed by atoms with van der Waals surface area (Å²) in [4.78, 5) is 27.0. The quantitative estimate of drug-likeness (QED) is 0.635. The summed E-state index contributed by atoms with van der Waals surface area (Å²) in [5.74, 6) is -1.54. The van der Waals surface area contributed by atoms with Crippen molar-refractivity contribution in [3.8, 4) is 0 Å². The van der Waals surface area contributed by atoms with Crippen molar-refractivity contribution >= 4 is 27.7 Å². The van der Waals surface area contributed by atoms with Gasteiger partial charge in [-0.1, -0.05) is 0 Å². The number of carbonyl (C=O) groups is 2. The highest BCUT2D eigenvalue weighted by atomic mass is 32.2. The number of amides is 2. The Kier molecular flexibility index (Phi) is 3.10. The number of piperazine rings is 1. The smallest absolute Gasteiger partial charge is 0.263 e. The number of imide groups is 1. The second kappa shape index (κ2) is 4.28. The molecule has 2 amide bonds. The second-order valence-corrected chi connectivity index (χ2v) is 6.77. The predicted octanol–water partition coefficient (Wildman–Crippen LogP) is -1.57. The first-order chi connectivity index (χ1) is 9.08. The monoisotopic (exact) mass is 301 g/mol. The number of nitrogens with zero attached hydrogens (tertiary/aromatic N) is 3. The van der Waals surface area contributed by atoms with Gasteiger partial charge in [-0.05, 0) is 13.8 Å². The highest BCUT2D eigenvalue weighted by molar-refractivity contribution is 7.89. The molecule has 0 aliphatic carbocycles. The highest BCUT2D eigenvalue weighted by Crippen LogP contribution is 2.28. The van der Waals surface area contributed by atoms with Crippen LogP contribution >= 0.6 is 0 Å². The summed E-state index contributed by atoms with van der Waals surface area (Å²) >= 11 is 0. The molecule has 2 rings (SSSR count). The van der Waals surface area contributed by atoms with Crippen LogP contribution in [0.2, 0.25) is 0 Å². The van der Waals surface area contributed by atoms with Gasteiger partial charge in [-0.15, -0.1) is 0 Å². The van der Waals surface area contributed by atoms with Crippen molar-refractivity contribution in [1.82, 2.24) is 19.2 Å². The van der Waals surface area contributed by atoms with Gasteiger partial charge in [0.05, 0.1) is 12.9 Å². The van der Waals surface area contributed by atoms with E-state index in [0.717, 1.165) is 4.31 Å². The molecule has 0 saturated carbocycles. The molecule has 1 aliphatic heterocycles. The van der Waals surface area contributed by atoms with Crippen LogP contribution in [0.15, 0.2) is 11.4 Å². The maximum Gasteiger partial charge on any atom is 0.263 e. The summed E-state index contributed by atoms with van der Waals surface area (Å²) in [6.45, 7) is 2.38. The number of aromatic nitrogens is 2. The molecular weight excluding hydrogens is 286 g/mol. The molecule has 110 valence electrons. The molecule has 1 aromatic heterocycles. The molecule has 20 heavy (non-hydrogen) atoms. The van der Waals surface area contributed by atoms with Crippen LogP contribution < -0.4 is 11.1 Å². The van der Waals surface area contributed by atoms with Crippen molar-refractivity contribution in [1.29, 1.82) is 0 Å². The zero-order valence-electron chi connectivity index (χ0n) is 11.2. The highest BCUT2D eigenvalue weighted by Gasteiger charge is 2.48. The largest absolute Gasteiger partial charge is 0.381 e. The van der Waals surface area contributed by atoms with Gasteiger partial charge in [-0.3, -0.25) is 14.9 Å². The van der Waals surface area contributed by atoms with Gasteiger partial charge < -0.3 is 10.3 Å². The maximum atomic E-state index is 12.6. The van der Waals surface area contributed by atoms with Crippen LogP contribution in [0, 0.1) is 0 Å². The minimum Gasteiger partial charge on any atom is -0.381 e. The molecule has 1 aliphatic rings. The minimum atomic E-state index is -4.13. The molecular formula is C10H15N5O4S. The molecule has 1 fully saturated rings. The number of rotatable bonds is 2. The van der Waals surface area contributed by atoms with Gasteiger partial charge in [0.1, 0.15) is 5.54 Å². The molecule has 1 saturated heterocycles. The first-order valence-corrected chi connectivity index (χ1v) is 7.16. The molecule has 9 nitrogen and oxygen atoms in total. The Morgan fingerprint density at radius 2 is 2.00 bits per heavy atom. The number of anilines is 1. The van der Waals surface area contributed by atoms with E-state index in [4.69, 9.17) is 5.73 Å². The van der Waals surface area contributed by atoms with Crippen molar-refractivity contribution in [2.75, 3.05) is 12.3 Å². The fraction of sp³-hybridized carbons (Fsp3) is 0.500. The van der Waals surface area contributed by atoms with E-state index in [2.05, 4.69) is 10.3 Å². The van der Waals surface area contributed by atoms with Gasteiger partial charge in [0.25, 0.3) is 10.0 Å². The zero-order valence-corrected chi connectivity index (χ0v) is 12.1. The number of carbonyl (C=O) groups excluding carboxylic acids is 2. The summed E-state index contributed by atoms with van der Waals surface area (Å²) in [6.07, 6.45) is 1.25. The van der Waals surface area contributed by atoms with E-state index in [0.29, 0.717) is 0 Å². The molecule has 0 radical (unpaired) electrons. The SMILES string of the molecule is Cn1cnc(N)c1S(=O)(=O)N1CC(=O)NC(=O)C1(C)C. The fourth-order valence-electron chi connectivity index (χ4n) is 2.00. The third-order valence-corrected chi connectivity index (χ3v) is 5.31. The Morgan fingerprint density at radius 3 is 2.50 bits per heavy atom. The number of sulfonamides is 1. The standard InChI is InChI=1S/C10H15N5O4S/c1-10(2)9(17)13-6(16)4-15(10)20(18,19)8-7(11)12-5-14(8)3/h5H,4,11H2,1-3H3,(H,13,16,17). The van der Waals surface area contributed by atoms with E-state index in [9.17, 15) is 18.0 Å². The minimum absolute atomic E-state index is 0.179. The van der Waals surface area contributed by atoms with Gasteiger partial charge in [0.15, 0.2) is 10.8 Å². The fourth-order valence-corrected chi connectivity index (χ4v) is 3.91. The van der Waals surface area contributed by atoms with Crippen molar-refractivity contribution in [3.63, 3.8) is 0 Å². The number of hydrogen-bond donors (Lipinski definition) is 2. The van der Waals surface area contributed by atoms with E-state index in [1.165, 1.54) is 31.8 Å². The molecule has 10 heteroatoms. The van der Waals surface area contributed by atoms with E-state index in [1.807, 2.05) is 0 Å². The Morgan fingerprint density at radius 1 is 1.40 bits per heavy atom. The Balaban J connectivity index is 2.59. The van der Waals surface area contributed by atoms with E-state index in [1.54, 1.807) is 0 Å². The van der Waals surface area contributed by atoms with Crippen LogP contribution in [0.3, 0.4) is 0 Å². The van der Waals surface area contributed by atoms with Crippen molar-refractivity contribution in [2.45, 2.75) is 24.4 Å². The van der Waals surface area contributed by atoms with Crippen LogP contribution in [0.4, 0.5) is 5.82 Å².